The molecule has 0 aliphatic rings. The van der Waals surface area contributed by atoms with Gasteiger partial charge in [-0.3, -0.25) is 4.79 Å². The summed E-state index contributed by atoms with van der Waals surface area (Å²) in [4.78, 5) is 20.2. The van der Waals surface area contributed by atoms with Crippen LogP contribution in [-0.2, 0) is 6.42 Å². The molecule has 0 bridgehead atoms. The second kappa shape index (κ2) is 6.91. The third-order valence-corrected chi connectivity index (χ3v) is 4.97. The number of carbonyl (C=O) groups is 1. The minimum absolute atomic E-state index is 0.0959. The molecule has 3 aromatic rings. The Morgan fingerprint density at radius 2 is 2.25 bits per heavy atom. The molecule has 24 heavy (non-hydrogen) atoms. The maximum Gasteiger partial charge on any atom is 0.263 e. The van der Waals surface area contributed by atoms with E-state index in [0.717, 1.165) is 16.6 Å². The van der Waals surface area contributed by atoms with E-state index in [0.29, 0.717) is 23.4 Å². The first-order chi connectivity index (χ1) is 11.5. The first-order valence-corrected chi connectivity index (χ1v) is 8.89. The van der Waals surface area contributed by atoms with Gasteiger partial charge in [-0.2, -0.15) is 0 Å². The Morgan fingerprint density at radius 3 is 3.00 bits per heavy atom. The van der Waals surface area contributed by atoms with Crippen LogP contribution in [0.25, 0.3) is 10.9 Å². The predicted molar refractivity (Wildman–Crippen MR) is 95.5 cm³/mol. The van der Waals surface area contributed by atoms with Gasteiger partial charge in [-0.1, -0.05) is 25.4 Å². The van der Waals surface area contributed by atoms with Crippen molar-refractivity contribution in [3.63, 3.8) is 0 Å². The summed E-state index contributed by atoms with van der Waals surface area (Å²) in [6.07, 6.45) is 2.45. The average Bonchev–Trinajstić information content (AvgIpc) is 3.16. The zero-order valence-corrected chi connectivity index (χ0v) is 14.9. The summed E-state index contributed by atoms with van der Waals surface area (Å²) in [6, 6.07) is 2.99. The zero-order valence-electron chi connectivity index (χ0n) is 13.3. The molecule has 4 nitrogen and oxygen atoms in total. The van der Waals surface area contributed by atoms with Gasteiger partial charge in [0.25, 0.3) is 5.91 Å². The molecule has 1 aromatic carbocycles. The predicted octanol–water partition coefficient (Wildman–Crippen LogP) is 4.51. The van der Waals surface area contributed by atoms with Gasteiger partial charge in [0.1, 0.15) is 10.7 Å². The molecule has 0 radical (unpaired) electrons. The van der Waals surface area contributed by atoms with Crippen molar-refractivity contribution in [2.75, 3.05) is 6.54 Å². The van der Waals surface area contributed by atoms with Gasteiger partial charge in [0.2, 0.25) is 0 Å². The number of hydrogen-bond donors (Lipinski definition) is 2. The van der Waals surface area contributed by atoms with Crippen LogP contribution in [0.1, 0.15) is 40.7 Å². The Hall–Kier alpha value is -1.92. The number of hydrogen-bond acceptors (Lipinski definition) is 3. The number of rotatable bonds is 5. The standard InChI is InChI=1S/C17H17ClFN3OS/c1-9(2)15-16(24-8-22-15)17(23)20-4-3-10-7-21-14-6-13(19)12(18)5-11(10)14/h5-9,21H,3-4H2,1-2H3,(H,20,23). The first-order valence-electron chi connectivity index (χ1n) is 7.64. The van der Waals surface area contributed by atoms with Crippen LogP contribution in [-0.4, -0.2) is 22.4 Å². The van der Waals surface area contributed by atoms with Crippen molar-refractivity contribution in [2.45, 2.75) is 26.2 Å². The van der Waals surface area contributed by atoms with Crippen LogP contribution in [0, 0.1) is 5.82 Å². The van der Waals surface area contributed by atoms with Crippen molar-refractivity contribution in [2.24, 2.45) is 0 Å². The van der Waals surface area contributed by atoms with Crippen LogP contribution in [0.5, 0.6) is 0 Å². The highest BCUT2D eigenvalue weighted by Gasteiger charge is 2.17. The summed E-state index contributed by atoms with van der Waals surface area (Å²) in [5.41, 5.74) is 4.20. The van der Waals surface area contributed by atoms with Gasteiger partial charge >= 0.3 is 0 Å². The van der Waals surface area contributed by atoms with Crippen molar-refractivity contribution in [3.05, 3.63) is 50.8 Å². The number of aromatic amines is 1. The second-order valence-electron chi connectivity index (χ2n) is 5.85. The summed E-state index contributed by atoms with van der Waals surface area (Å²) in [5.74, 6) is -0.343. The highest BCUT2D eigenvalue weighted by Crippen LogP contribution is 2.25. The molecule has 0 aliphatic heterocycles. The molecule has 3 rings (SSSR count). The number of nitrogens with zero attached hydrogens (tertiary/aromatic N) is 1. The minimum Gasteiger partial charge on any atom is -0.361 e. The first kappa shape index (κ1) is 16.9. The molecule has 2 N–H and O–H groups in total. The third-order valence-electron chi connectivity index (χ3n) is 3.84. The molecule has 0 aliphatic carbocycles. The van der Waals surface area contributed by atoms with Gasteiger partial charge in [0, 0.05) is 23.6 Å². The number of halogens is 2. The van der Waals surface area contributed by atoms with E-state index in [1.54, 1.807) is 11.6 Å². The number of fused-ring (bicyclic) bond motifs is 1. The number of benzene rings is 1. The Morgan fingerprint density at radius 1 is 1.46 bits per heavy atom. The lowest BCUT2D eigenvalue weighted by atomic mass is 10.1. The monoisotopic (exact) mass is 365 g/mol. The maximum absolute atomic E-state index is 13.5. The quantitative estimate of drug-likeness (QED) is 0.698. The van der Waals surface area contributed by atoms with Gasteiger partial charge in [0.15, 0.2) is 0 Å². The number of aromatic nitrogens is 2. The number of H-pyrrole nitrogens is 1. The summed E-state index contributed by atoms with van der Waals surface area (Å²) in [5, 5.41) is 3.89. The molecule has 0 fully saturated rings. The van der Waals surface area contributed by atoms with Crippen LogP contribution in [0.3, 0.4) is 0 Å². The second-order valence-corrected chi connectivity index (χ2v) is 7.12. The van der Waals surface area contributed by atoms with Crippen molar-refractivity contribution < 1.29 is 9.18 Å². The van der Waals surface area contributed by atoms with E-state index in [1.807, 2.05) is 20.0 Å². The van der Waals surface area contributed by atoms with Crippen LogP contribution in [0.4, 0.5) is 4.39 Å². The molecule has 0 unspecified atom stereocenters. The lowest BCUT2D eigenvalue weighted by molar-refractivity contribution is 0.0956. The SMILES string of the molecule is CC(C)c1ncsc1C(=O)NCCc1c[nH]c2cc(F)c(Cl)cc12. The molecular weight excluding hydrogens is 349 g/mol. The highest BCUT2D eigenvalue weighted by molar-refractivity contribution is 7.11. The van der Waals surface area contributed by atoms with Crippen molar-refractivity contribution in [1.82, 2.24) is 15.3 Å². The molecule has 0 atom stereocenters. The van der Waals surface area contributed by atoms with Crippen LogP contribution < -0.4 is 5.32 Å². The van der Waals surface area contributed by atoms with Gasteiger partial charge in [0.05, 0.1) is 16.2 Å². The van der Waals surface area contributed by atoms with E-state index in [2.05, 4.69) is 15.3 Å². The number of carbonyl (C=O) groups excluding carboxylic acids is 1. The summed E-state index contributed by atoms with van der Waals surface area (Å²) in [7, 11) is 0. The van der Waals surface area contributed by atoms with Gasteiger partial charge in [-0.25, -0.2) is 9.37 Å². The molecule has 2 aromatic heterocycles. The Kier molecular flexibility index (Phi) is 4.87. The fraction of sp³-hybridized carbons (Fsp3) is 0.294. The van der Waals surface area contributed by atoms with Crippen molar-refractivity contribution >= 4 is 39.7 Å². The van der Waals surface area contributed by atoms with Crippen LogP contribution in [0.15, 0.2) is 23.8 Å². The van der Waals surface area contributed by atoms with E-state index in [-0.39, 0.29) is 16.8 Å². The van der Waals surface area contributed by atoms with E-state index in [1.165, 1.54) is 17.4 Å². The van der Waals surface area contributed by atoms with Crippen molar-refractivity contribution in [1.29, 1.82) is 0 Å². The lowest BCUT2D eigenvalue weighted by Crippen LogP contribution is -2.26. The minimum atomic E-state index is -0.447. The number of amides is 1. The molecule has 0 saturated heterocycles. The molecule has 0 saturated carbocycles. The van der Waals surface area contributed by atoms with Crippen LogP contribution in [0.2, 0.25) is 5.02 Å². The molecule has 7 heteroatoms. The molecule has 1 amide bonds. The Balaban J connectivity index is 1.67. The third kappa shape index (κ3) is 3.30. The fourth-order valence-corrected chi connectivity index (χ4v) is 3.63. The smallest absolute Gasteiger partial charge is 0.263 e. The molecule has 2 heterocycles. The van der Waals surface area contributed by atoms with Gasteiger partial charge in [-0.05, 0) is 30.0 Å². The van der Waals surface area contributed by atoms with Gasteiger partial charge < -0.3 is 10.3 Å². The van der Waals surface area contributed by atoms with E-state index < -0.39 is 5.82 Å². The topological polar surface area (TPSA) is 57.8 Å². The summed E-state index contributed by atoms with van der Waals surface area (Å²) in [6.45, 7) is 4.51. The Bertz CT molecular complexity index is 887. The summed E-state index contributed by atoms with van der Waals surface area (Å²) < 4.78 is 13.5. The Labute approximate surface area is 148 Å². The summed E-state index contributed by atoms with van der Waals surface area (Å²) >= 11 is 7.20. The van der Waals surface area contributed by atoms with Crippen LogP contribution >= 0.6 is 22.9 Å². The molecule has 0 spiro atoms. The van der Waals surface area contributed by atoms with E-state index >= 15 is 0 Å². The lowest BCUT2D eigenvalue weighted by Gasteiger charge is -2.07. The van der Waals surface area contributed by atoms with Crippen molar-refractivity contribution in [3.8, 4) is 0 Å². The average molecular weight is 366 g/mol. The van der Waals surface area contributed by atoms with E-state index in [4.69, 9.17) is 11.6 Å². The normalized spacial score (nSPS) is 11.4. The molecular formula is C17H17ClFN3OS. The number of thiazole rings is 1. The molecule has 126 valence electrons. The number of nitrogens with one attached hydrogen (secondary N) is 2. The largest absolute Gasteiger partial charge is 0.361 e. The van der Waals surface area contributed by atoms with E-state index in [9.17, 15) is 9.18 Å². The zero-order chi connectivity index (χ0) is 17.3. The highest BCUT2D eigenvalue weighted by atomic mass is 35.5. The fourth-order valence-electron chi connectivity index (χ4n) is 2.61. The van der Waals surface area contributed by atoms with Gasteiger partial charge in [-0.15, -0.1) is 11.3 Å². The maximum atomic E-state index is 13.5.